The van der Waals surface area contributed by atoms with E-state index in [0.717, 1.165) is 24.4 Å². The molecule has 1 N–H and O–H groups in total. The lowest BCUT2D eigenvalue weighted by molar-refractivity contribution is 0.0952. The second kappa shape index (κ2) is 6.57. The fraction of sp³-hybridized carbons (Fsp3) is 0.333. The second-order valence-electron chi connectivity index (χ2n) is 4.77. The SMILES string of the molecule is Cc1cc(C)n(CCCNC(=O)c2cccc(Cl)c2)n1. The van der Waals surface area contributed by atoms with Crippen molar-refractivity contribution in [2.45, 2.75) is 26.8 Å². The van der Waals surface area contributed by atoms with Crippen molar-refractivity contribution in [2.75, 3.05) is 6.54 Å². The van der Waals surface area contributed by atoms with Gasteiger partial charge in [-0.25, -0.2) is 0 Å². The van der Waals surface area contributed by atoms with Crippen LogP contribution in [-0.2, 0) is 6.54 Å². The minimum absolute atomic E-state index is 0.0964. The van der Waals surface area contributed by atoms with Gasteiger partial charge in [0.2, 0.25) is 0 Å². The van der Waals surface area contributed by atoms with Crippen LogP contribution in [0.1, 0.15) is 28.2 Å². The summed E-state index contributed by atoms with van der Waals surface area (Å²) in [5, 5.41) is 7.84. The highest BCUT2D eigenvalue weighted by Crippen LogP contribution is 2.10. The molecular formula is C15H18ClN3O. The maximum absolute atomic E-state index is 11.9. The van der Waals surface area contributed by atoms with Gasteiger partial charge in [0.1, 0.15) is 0 Å². The van der Waals surface area contributed by atoms with Gasteiger partial charge < -0.3 is 5.32 Å². The Morgan fingerprint density at radius 2 is 2.15 bits per heavy atom. The zero-order chi connectivity index (χ0) is 14.5. The van der Waals surface area contributed by atoms with Crippen LogP contribution >= 0.6 is 11.6 Å². The molecule has 1 heterocycles. The number of rotatable bonds is 5. The maximum Gasteiger partial charge on any atom is 0.251 e. The van der Waals surface area contributed by atoms with Crippen molar-refractivity contribution >= 4 is 17.5 Å². The van der Waals surface area contributed by atoms with Gasteiger partial charge in [-0.3, -0.25) is 9.48 Å². The van der Waals surface area contributed by atoms with Gasteiger partial charge in [0.05, 0.1) is 5.69 Å². The smallest absolute Gasteiger partial charge is 0.251 e. The monoisotopic (exact) mass is 291 g/mol. The lowest BCUT2D eigenvalue weighted by atomic mass is 10.2. The van der Waals surface area contributed by atoms with E-state index in [1.807, 2.05) is 24.6 Å². The van der Waals surface area contributed by atoms with E-state index in [0.29, 0.717) is 17.1 Å². The molecule has 1 aromatic heterocycles. The number of hydrogen-bond donors (Lipinski definition) is 1. The number of carbonyl (C=O) groups excluding carboxylic acids is 1. The minimum Gasteiger partial charge on any atom is -0.352 e. The van der Waals surface area contributed by atoms with Gasteiger partial charge >= 0.3 is 0 Å². The molecule has 2 aromatic rings. The first-order chi connectivity index (χ1) is 9.56. The van der Waals surface area contributed by atoms with Gasteiger partial charge in [-0.05, 0) is 44.5 Å². The molecule has 106 valence electrons. The zero-order valence-electron chi connectivity index (χ0n) is 11.7. The molecule has 0 saturated heterocycles. The molecule has 0 aliphatic carbocycles. The van der Waals surface area contributed by atoms with E-state index in [1.54, 1.807) is 24.3 Å². The van der Waals surface area contributed by atoms with Crippen LogP contribution in [0.2, 0.25) is 5.02 Å². The summed E-state index contributed by atoms with van der Waals surface area (Å²) in [7, 11) is 0. The Bertz CT molecular complexity index is 607. The third-order valence-electron chi connectivity index (χ3n) is 3.02. The van der Waals surface area contributed by atoms with Gasteiger partial charge in [0.25, 0.3) is 5.91 Å². The molecule has 0 unspecified atom stereocenters. The largest absolute Gasteiger partial charge is 0.352 e. The summed E-state index contributed by atoms with van der Waals surface area (Å²) in [5.74, 6) is -0.0964. The van der Waals surface area contributed by atoms with Crippen LogP contribution in [0.15, 0.2) is 30.3 Å². The van der Waals surface area contributed by atoms with Crippen LogP contribution in [0.3, 0.4) is 0 Å². The summed E-state index contributed by atoms with van der Waals surface area (Å²) in [6.07, 6.45) is 0.842. The van der Waals surface area contributed by atoms with Crippen LogP contribution in [-0.4, -0.2) is 22.2 Å². The number of aryl methyl sites for hydroxylation is 3. The Hall–Kier alpha value is -1.81. The number of nitrogens with one attached hydrogen (secondary N) is 1. The van der Waals surface area contributed by atoms with Crippen LogP contribution < -0.4 is 5.32 Å². The van der Waals surface area contributed by atoms with E-state index in [-0.39, 0.29) is 5.91 Å². The lowest BCUT2D eigenvalue weighted by Gasteiger charge is -2.07. The summed E-state index contributed by atoms with van der Waals surface area (Å²) in [6, 6.07) is 8.99. The molecule has 0 aliphatic heterocycles. The van der Waals surface area contributed by atoms with E-state index in [1.165, 1.54) is 0 Å². The average molecular weight is 292 g/mol. The Kier molecular flexibility index (Phi) is 4.79. The number of carbonyl (C=O) groups is 1. The molecule has 5 heteroatoms. The van der Waals surface area contributed by atoms with E-state index in [4.69, 9.17) is 11.6 Å². The van der Waals surface area contributed by atoms with Crippen molar-refractivity contribution < 1.29 is 4.79 Å². The van der Waals surface area contributed by atoms with Crippen molar-refractivity contribution in [2.24, 2.45) is 0 Å². The lowest BCUT2D eigenvalue weighted by Crippen LogP contribution is -2.25. The molecule has 0 atom stereocenters. The highest BCUT2D eigenvalue weighted by Gasteiger charge is 2.05. The predicted octanol–water partition coefficient (Wildman–Crippen LogP) is 2.97. The van der Waals surface area contributed by atoms with E-state index >= 15 is 0 Å². The summed E-state index contributed by atoms with van der Waals surface area (Å²) in [6.45, 7) is 5.42. The van der Waals surface area contributed by atoms with E-state index < -0.39 is 0 Å². The Morgan fingerprint density at radius 3 is 2.80 bits per heavy atom. The van der Waals surface area contributed by atoms with Gasteiger partial charge in [-0.1, -0.05) is 17.7 Å². The van der Waals surface area contributed by atoms with Crippen LogP contribution in [0.4, 0.5) is 0 Å². The number of aromatic nitrogens is 2. The van der Waals surface area contributed by atoms with Crippen molar-refractivity contribution in [1.82, 2.24) is 15.1 Å². The van der Waals surface area contributed by atoms with Crippen molar-refractivity contribution in [3.8, 4) is 0 Å². The van der Waals surface area contributed by atoms with Crippen LogP contribution in [0, 0.1) is 13.8 Å². The van der Waals surface area contributed by atoms with Crippen LogP contribution in [0.5, 0.6) is 0 Å². The quantitative estimate of drug-likeness (QED) is 0.861. The van der Waals surface area contributed by atoms with E-state index in [2.05, 4.69) is 10.4 Å². The minimum atomic E-state index is -0.0964. The zero-order valence-corrected chi connectivity index (χ0v) is 12.4. The standard InChI is InChI=1S/C15H18ClN3O/c1-11-9-12(2)19(18-11)8-4-7-17-15(20)13-5-3-6-14(16)10-13/h3,5-6,9-10H,4,7-8H2,1-2H3,(H,17,20). The summed E-state index contributed by atoms with van der Waals surface area (Å²) < 4.78 is 1.96. The Labute approximate surface area is 123 Å². The molecule has 20 heavy (non-hydrogen) atoms. The van der Waals surface area contributed by atoms with Gasteiger partial charge in [-0.15, -0.1) is 0 Å². The topological polar surface area (TPSA) is 46.9 Å². The molecule has 0 radical (unpaired) electrons. The normalized spacial score (nSPS) is 10.6. The fourth-order valence-electron chi connectivity index (χ4n) is 2.06. The fourth-order valence-corrected chi connectivity index (χ4v) is 2.25. The first-order valence-electron chi connectivity index (χ1n) is 6.61. The van der Waals surface area contributed by atoms with Gasteiger partial charge in [0, 0.05) is 29.4 Å². The number of halogens is 1. The average Bonchev–Trinajstić information content (AvgIpc) is 2.73. The highest BCUT2D eigenvalue weighted by atomic mass is 35.5. The van der Waals surface area contributed by atoms with E-state index in [9.17, 15) is 4.79 Å². The van der Waals surface area contributed by atoms with Crippen molar-refractivity contribution in [3.05, 3.63) is 52.3 Å². The molecule has 1 amide bonds. The van der Waals surface area contributed by atoms with Gasteiger partial charge in [-0.2, -0.15) is 5.10 Å². The van der Waals surface area contributed by atoms with Crippen LogP contribution in [0.25, 0.3) is 0 Å². The third kappa shape index (κ3) is 3.84. The van der Waals surface area contributed by atoms with Crippen molar-refractivity contribution in [1.29, 1.82) is 0 Å². The summed E-state index contributed by atoms with van der Waals surface area (Å²) in [5.41, 5.74) is 2.75. The van der Waals surface area contributed by atoms with Crippen molar-refractivity contribution in [3.63, 3.8) is 0 Å². The first kappa shape index (κ1) is 14.6. The first-order valence-corrected chi connectivity index (χ1v) is 6.99. The summed E-state index contributed by atoms with van der Waals surface area (Å²) in [4.78, 5) is 11.9. The molecule has 0 bridgehead atoms. The number of amides is 1. The molecule has 0 fully saturated rings. The third-order valence-corrected chi connectivity index (χ3v) is 3.26. The molecule has 0 spiro atoms. The molecule has 4 nitrogen and oxygen atoms in total. The molecule has 1 aromatic carbocycles. The second-order valence-corrected chi connectivity index (χ2v) is 5.21. The van der Waals surface area contributed by atoms with Gasteiger partial charge in [0.15, 0.2) is 0 Å². The molecule has 0 aliphatic rings. The Balaban J connectivity index is 1.79. The molecule has 2 rings (SSSR count). The summed E-state index contributed by atoms with van der Waals surface area (Å²) >= 11 is 5.86. The number of hydrogen-bond acceptors (Lipinski definition) is 2. The highest BCUT2D eigenvalue weighted by molar-refractivity contribution is 6.30. The molecule has 0 saturated carbocycles. The molecular weight excluding hydrogens is 274 g/mol. The number of benzene rings is 1. The number of nitrogens with zero attached hydrogens (tertiary/aromatic N) is 2. The maximum atomic E-state index is 11.9. The predicted molar refractivity (Wildman–Crippen MR) is 80.1 cm³/mol. The Morgan fingerprint density at radius 1 is 1.35 bits per heavy atom.